The van der Waals surface area contributed by atoms with Crippen molar-refractivity contribution < 1.29 is 4.21 Å². The fourth-order valence-corrected chi connectivity index (χ4v) is 5.32. The zero-order valence-corrected chi connectivity index (χ0v) is 16.4. The third kappa shape index (κ3) is 4.29. The monoisotopic (exact) mass is 348 g/mol. The van der Waals surface area contributed by atoms with Gasteiger partial charge in [0.25, 0.3) is 0 Å². The first kappa shape index (κ1) is 19.2. The van der Waals surface area contributed by atoms with E-state index in [0.717, 1.165) is 32.4 Å². The Kier molecular flexibility index (Phi) is 6.67. The number of nitrogens with zero attached hydrogens (tertiary/aromatic N) is 2. The van der Waals surface area contributed by atoms with Crippen LogP contribution in [0.5, 0.6) is 0 Å². The molecular weight excluding hydrogens is 316 g/mol. The molecule has 2 rings (SSSR count). The van der Waals surface area contributed by atoms with Crippen molar-refractivity contribution in [2.45, 2.75) is 53.0 Å². The molecule has 0 saturated carbocycles. The van der Waals surface area contributed by atoms with Crippen molar-refractivity contribution >= 4 is 21.3 Å². The predicted octanol–water partition coefficient (Wildman–Crippen LogP) is 4.14. The van der Waals surface area contributed by atoms with E-state index >= 15 is 0 Å². The molecule has 1 aliphatic rings. The Hall–Kier alpha value is -1.10. The zero-order valence-electron chi connectivity index (χ0n) is 15.6. The van der Waals surface area contributed by atoms with Crippen molar-refractivity contribution in [3.05, 3.63) is 41.5 Å². The summed E-state index contributed by atoms with van der Waals surface area (Å²) < 4.78 is 17.6. The highest BCUT2D eigenvalue weighted by molar-refractivity contribution is 7.96. The van der Waals surface area contributed by atoms with Crippen molar-refractivity contribution in [2.75, 3.05) is 19.6 Å². The van der Waals surface area contributed by atoms with Gasteiger partial charge in [0.2, 0.25) is 0 Å². The fourth-order valence-electron chi connectivity index (χ4n) is 3.16. The van der Waals surface area contributed by atoms with Crippen LogP contribution in [0.2, 0.25) is 0 Å². The topological polar surface area (TPSA) is 23.6 Å². The van der Waals surface area contributed by atoms with Crippen LogP contribution in [0.3, 0.4) is 0 Å². The maximum absolute atomic E-state index is 13.4. The molecule has 0 saturated heterocycles. The lowest BCUT2D eigenvalue weighted by atomic mass is 9.99. The lowest BCUT2D eigenvalue weighted by Crippen LogP contribution is -2.48. The highest BCUT2D eigenvalue weighted by Crippen LogP contribution is 2.26. The van der Waals surface area contributed by atoms with Crippen LogP contribution in [0.4, 0.5) is 0 Å². The number of rotatable bonds is 7. The number of hydrogen-bond donors (Lipinski definition) is 0. The van der Waals surface area contributed by atoms with Crippen LogP contribution in [0, 0.1) is 6.92 Å². The maximum atomic E-state index is 13.4. The summed E-state index contributed by atoms with van der Waals surface area (Å²) >= 11 is 0. The third-order valence-electron chi connectivity index (χ3n) is 4.89. The second-order valence-electron chi connectivity index (χ2n) is 6.74. The molecule has 2 unspecified atom stereocenters. The Bertz CT molecular complexity index is 661. The zero-order chi connectivity index (χ0) is 17.7. The molecule has 4 heteroatoms. The molecule has 0 spiro atoms. The van der Waals surface area contributed by atoms with Gasteiger partial charge in [-0.3, -0.25) is 0 Å². The molecule has 0 aliphatic carbocycles. The van der Waals surface area contributed by atoms with Crippen molar-refractivity contribution in [1.82, 2.24) is 8.61 Å². The van der Waals surface area contributed by atoms with Gasteiger partial charge in [0.1, 0.15) is 0 Å². The highest BCUT2D eigenvalue weighted by Gasteiger charge is 2.27. The number of hydrogen-bond acceptors (Lipinski definition) is 1. The average Bonchev–Trinajstić information content (AvgIpc) is 2.59. The minimum absolute atomic E-state index is 0.289. The van der Waals surface area contributed by atoms with E-state index in [0.29, 0.717) is 6.54 Å². The Morgan fingerprint density at radius 3 is 2.46 bits per heavy atom. The molecule has 3 nitrogen and oxygen atoms in total. The number of aryl methyl sites for hydroxylation is 1. The van der Waals surface area contributed by atoms with Gasteiger partial charge in [-0.05, 0) is 50.1 Å². The molecule has 0 radical (unpaired) electrons. The first-order valence-electron chi connectivity index (χ1n) is 9.05. The van der Waals surface area contributed by atoms with Gasteiger partial charge in [0.15, 0.2) is 0 Å². The van der Waals surface area contributed by atoms with Crippen LogP contribution >= 0.6 is 0 Å². The molecule has 134 valence electrons. The van der Waals surface area contributed by atoms with Crippen LogP contribution in [0.25, 0.3) is 5.57 Å². The SMILES string of the molecule is C=S(=O)(N1CC=C(c2ccc(C)cc2)CC1)N(CCC)C(C)CC. The molecule has 1 aliphatic heterocycles. The first-order chi connectivity index (χ1) is 11.4. The lowest BCUT2D eigenvalue weighted by molar-refractivity contribution is 0.318. The van der Waals surface area contributed by atoms with E-state index in [1.54, 1.807) is 0 Å². The summed E-state index contributed by atoms with van der Waals surface area (Å²) in [5, 5.41) is 0. The minimum Gasteiger partial charge on any atom is -0.237 e. The molecule has 1 aromatic rings. The van der Waals surface area contributed by atoms with Crippen molar-refractivity contribution in [1.29, 1.82) is 0 Å². The van der Waals surface area contributed by atoms with Gasteiger partial charge in [-0.15, -0.1) is 0 Å². The molecule has 2 atom stereocenters. The Morgan fingerprint density at radius 2 is 1.96 bits per heavy atom. The van der Waals surface area contributed by atoms with Crippen LogP contribution in [0.15, 0.2) is 30.3 Å². The first-order valence-corrected chi connectivity index (χ1v) is 10.7. The average molecular weight is 349 g/mol. The lowest BCUT2D eigenvalue weighted by Gasteiger charge is -2.38. The van der Waals surface area contributed by atoms with Crippen molar-refractivity contribution in [3.63, 3.8) is 0 Å². The highest BCUT2D eigenvalue weighted by atomic mass is 32.2. The molecular formula is C20H32N2OS. The van der Waals surface area contributed by atoms with E-state index in [-0.39, 0.29) is 6.04 Å². The quantitative estimate of drug-likeness (QED) is 0.679. The van der Waals surface area contributed by atoms with Crippen LogP contribution in [-0.2, 0) is 9.89 Å². The summed E-state index contributed by atoms with van der Waals surface area (Å²) in [7, 11) is -2.39. The fraction of sp³-hybridized carbons (Fsp3) is 0.550. The molecule has 0 N–H and O–H groups in total. The van der Waals surface area contributed by atoms with E-state index in [9.17, 15) is 4.21 Å². The molecule has 1 heterocycles. The summed E-state index contributed by atoms with van der Waals surface area (Å²) in [6.45, 7) is 10.9. The molecule has 1 aromatic carbocycles. The van der Waals surface area contributed by atoms with Crippen LogP contribution in [0.1, 0.15) is 51.2 Å². The molecule has 0 amide bonds. The summed E-state index contributed by atoms with van der Waals surface area (Å²) in [5.41, 5.74) is 3.91. The van der Waals surface area contributed by atoms with Gasteiger partial charge in [0, 0.05) is 25.7 Å². The molecule has 24 heavy (non-hydrogen) atoms. The van der Waals surface area contributed by atoms with E-state index in [1.165, 1.54) is 16.7 Å². The van der Waals surface area contributed by atoms with Crippen molar-refractivity contribution in [2.24, 2.45) is 0 Å². The summed E-state index contributed by atoms with van der Waals surface area (Å²) in [4.78, 5) is 0. The van der Waals surface area contributed by atoms with E-state index in [2.05, 4.69) is 72.5 Å². The molecule has 0 aromatic heterocycles. The Morgan fingerprint density at radius 1 is 1.29 bits per heavy atom. The van der Waals surface area contributed by atoms with E-state index < -0.39 is 9.89 Å². The van der Waals surface area contributed by atoms with E-state index in [4.69, 9.17) is 0 Å². The standard InChI is InChI=1S/C20H32N2OS/c1-6-14-22(18(4)7-2)24(5,23)21-15-12-20(13-16-21)19-10-8-17(3)9-11-19/h8-12,18H,5-7,13-16H2,1-4H3. The predicted molar refractivity (Wildman–Crippen MR) is 107 cm³/mol. The van der Waals surface area contributed by atoms with Gasteiger partial charge in [0.05, 0.1) is 9.89 Å². The molecule has 0 bridgehead atoms. The van der Waals surface area contributed by atoms with Crippen LogP contribution in [-0.4, -0.2) is 44.4 Å². The van der Waals surface area contributed by atoms with Gasteiger partial charge in [-0.2, -0.15) is 0 Å². The second kappa shape index (κ2) is 8.32. The van der Waals surface area contributed by atoms with Gasteiger partial charge >= 0.3 is 0 Å². The van der Waals surface area contributed by atoms with E-state index in [1.807, 2.05) is 0 Å². The number of benzene rings is 1. The summed E-state index contributed by atoms with van der Waals surface area (Å²) in [5.74, 6) is 4.14. The molecule has 0 fully saturated rings. The smallest absolute Gasteiger partial charge is 0.0907 e. The maximum Gasteiger partial charge on any atom is 0.0907 e. The Balaban J connectivity index is 2.15. The van der Waals surface area contributed by atoms with Crippen molar-refractivity contribution in [3.8, 4) is 0 Å². The van der Waals surface area contributed by atoms with Crippen LogP contribution < -0.4 is 0 Å². The van der Waals surface area contributed by atoms with Gasteiger partial charge < -0.3 is 0 Å². The third-order valence-corrected chi connectivity index (χ3v) is 7.30. The largest absolute Gasteiger partial charge is 0.237 e. The normalized spacial score (nSPS) is 19.8. The second-order valence-corrected chi connectivity index (χ2v) is 8.94. The Labute approximate surface area is 148 Å². The summed E-state index contributed by atoms with van der Waals surface area (Å²) in [6.07, 6.45) is 5.13. The summed E-state index contributed by atoms with van der Waals surface area (Å²) in [6, 6.07) is 8.96. The van der Waals surface area contributed by atoms with Gasteiger partial charge in [-0.25, -0.2) is 12.8 Å². The van der Waals surface area contributed by atoms with Gasteiger partial charge in [-0.1, -0.05) is 49.8 Å². The minimum atomic E-state index is -2.39.